The molecule has 0 saturated heterocycles. The lowest BCUT2D eigenvalue weighted by atomic mass is 10.1. The summed E-state index contributed by atoms with van der Waals surface area (Å²) in [5, 5.41) is 17.4. The van der Waals surface area contributed by atoms with E-state index in [1.807, 2.05) is 31.2 Å². The van der Waals surface area contributed by atoms with Crippen LogP contribution in [0.1, 0.15) is 32.8 Å². The first-order chi connectivity index (χ1) is 12.0. The fourth-order valence-corrected chi connectivity index (χ4v) is 2.20. The number of tetrazole rings is 1. The van der Waals surface area contributed by atoms with Crippen LogP contribution in [0.5, 0.6) is 0 Å². The van der Waals surface area contributed by atoms with Crippen molar-refractivity contribution in [2.24, 2.45) is 0 Å². The Kier molecular flexibility index (Phi) is 6.62. The number of amides is 2. The van der Waals surface area contributed by atoms with Crippen LogP contribution in [-0.2, 0) is 22.6 Å². The topological polar surface area (TPSA) is 102 Å². The van der Waals surface area contributed by atoms with Crippen molar-refractivity contribution in [2.45, 2.75) is 46.2 Å². The van der Waals surface area contributed by atoms with Crippen LogP contribution in [0.4, 0.5) is 0 Å². The van der Waals surface area contributed by atoms with Crippen LogP contribution in [0.15, 0.2) is 24.3 Å². The van der Waals surface area contributed by atoms with E-state index in [1.165, 1.54) is 10.4 Å². The van der Waals surface area contributed by atoms with E-state index >= 15 is 0 Å². The highest BCUT2D eigenvalue weighted by Crippen LogP contribution is 2.14. The molecule has 1 heterocycles. The maximum absolute atomic E-state index is 12.0. The first-order valence-electron chi connectivity index (χ1n) is 8.47. The second-order valence-corrected chi connectivity index (χ2v) is 5.77. The van der Waals surface area contributed by atoms with Crippen molar-refractivity contribution in [1.82, 2.24) is 30.8 Å². The second-order valence-electron chi connectivity index (χ2n) is 5.77. The molecule has 2 aromatic rings. The summed E-state index contributed by atoms with van der Waals surface area (Å²) >= 11 is 0. The van der Waals surface area contributed by atoms with Gasteiger partial charge in [-0.15, -0.1) is 10.2 Å². The van der Waals surface area contributed by atoms with E-state index in [4.69, 9.17) is 0 Å². The van der Waals surface area contributed by atoms with Gasteiger partial charge in [-0.05, 0) is 30.5 Å². The van der Waals surface area contributed by atoms with Crippen LogP contribution in [0.2, 0.25) is 0 Å². The highest BCUT2D eigenvalue weighted by molar-refractivity contribution is 5.87. The van der Waals surface area contributed by atoms with E-state index in [2.05, 4.69) is 33.0 Å². The lowest BCUT2D eigenvalue weighted by Crippen LogP contribution is -2.46. The van der Waals surface area contributed by atoms with E-state index in [-0.39, 0.29) is 18.4 Å². The third-order valence-corrected chi connectivity index (χ3v) is 3.68. The van der Waals surface area contributed by atoms with Gasteiger partial charge in [-0.3, -0.25) is 9.59 Å². The maximum Gasteiger partial charge on any atom is 0.244 e. The molecule has 0 bridgehead atoms. The van der Waals surface area contributed by atoms with Gasteiger partial charge in [0.15, 0.2) is 0 Å². The molecule has 0 saturated carbocycles. The van der Waals surface area contributed by atoms with Crippen LogP contribution >= 0.6 is 0 Å². The summed E-state index contributed by atoms with van der Waals surface area (Å²) < 4.78 is 0. The van der Waals surface area contributed by atoms with Crippen molar-refractivity contribution in [3.8, 4) is 11.4 Å². The monoisotopic (exact) mass is 344 g/mol. The Hall–Kier alpha value is -2.77. The number of hydrogen-bond donors (Lipinski definition) is 2. The Bertz CT molecular complexity index is 710. The Balaban J connectivity index is 1.91. The van der Waals surface area contributed by atoms with Gasteiger partial charge < -0.3 is 10.6 Å². The molecule has 0 aliphatic carbocycles. The van der Waals surface area contributed by atoms with Gasteiger partial charge in [-0.1, -0.05) is 38.1 Å². The number of aryl methyl sites for hydroxylation is 1. The number of nitrogens with one attached hydrogen (secondary N) is 2. The zero-order valence-electron chi connectivity index (χ0n) is 14.8. The van der Waals surface area contributed by atoms with Gasteiger partial charge in [0.1, 0.15) is 12.6 Å². The number of carbonyl (C=O) groups is 2. The maximum atomic E-state index is 12.0. The summed E-state index contributed by atoms with van der Waals surface area (Å²) in [6, 6.07) is 7.28. The van der Waals surface area contributed by atoms with Gasteiger partial charge in [0.25, 0.3) is 0 Å². The van der Waals surface area contributed by atoms with Gasteiger partial charge in [0, 0.05) is 12.1 Å². The smallest absolute Gasteiger partial charge is 0.244 e. The van der Waals surface area contributed by atoms with E-state index in [0.29, 0.717) is 12.4 Å². The first-order valence-corrected chi connectivity index (χ1v) is 8.47. The van der Waals surface area contributed by atoms with Gasteiger partial charge in [-0.2, -0.15) is 4.80 Å². The molecule has 0 unspecified atom stereocenters. The molecule has 8 heteroatoms. The van der Waals surface area contributed by atoms with Gasteiger partial charge in [0.05, 0.1) is 0 Å². The Morgan fingerprint density at radius 3 is 2.56 bits per heavy atom. The van der Waals surface area contributed by atoms with Crippen molar-refractivity contribution in [3.05, 3.63) is 29.8 Å². The first kappa shape index (κ1) is 18.6. The zero-order valence-corrected chi connectivity index (χ0v) is 14.8. The van der Waals surface area contributed by atoms with Crippen molar-refractivity contribution in [3.63, 3.8) is 0 Å². The average Bonchev–Trinajstić information content (AvgIpc) is 3.07. The number of hydrogen-bond acceptors (Lipinski definition) is 5. The number of aromatic nitrogens is 4. The van der Waals surface area contributed by atoms with Crippen molar-refractivity contribution in [2.75, 3.05) is 6.54 Å². The summed E-state index contributed by atoms with van der Waals surface area (Å²) in [5.74, 6) is -0.0907. The number of carbonyl (C=O) groups excluding carboxylic acids is 2. The predicted molar refractivity (Wildman–Crippen MR) is 93.5 cm³/mol. The minimum Gasteiger partial charge on any atom is -0.354 e. The highest BCUT2D eigenvalue weighted by atomic mass is 16.2. The van der Waals surface area contributed by atoms with Crippen LogP contribution in [0, 0.1) is 0 Å². The highest BCUT2D eigenvalue weighted by Gasteiger charge is 2.16. The van der Waals surface area contributed by atoms with Crippen LogP contribution in [0.3, 0.4) is 0 Å². The van der Waals surface area contributed by atoms with Crippen LogP contribution in [-0.4, -0.2) is 44.6 Å². The lowest BCUT2D eigenvalue weighted by Gasteiger charge is -2.13. The molecule has 0 radical (unpaired) electrons. The molecule has 8 nitrogen and oxygen atoms in total. The van der Waals surface area contributed by atoms with Crippen molar-refractivity contribution < 1.29 is 9.59 Å². The fourth-order valence-electron chi connectivity index (χ4n) is 2.20. The number of rotatable bonds is 8. The Morgan fingerprint density at radius 1 is 1.20 bits per heavy atom. The van der Waals surface area contributed by atoms with Gasteiger partial charge in [-0.25, -0.2) is 0 Å². The molecule has 1 aromatic carbocycles. The second kappa shape index (κ2) is 8.91. The molecule has 2 amide bonds. The molecular weight excluding hydrogens is 320 g/mol. The van der Waals surface area contributed by atoms with Crippen molar-refractivity contribution >= 4 is 11.8 Å². The number of nitrogens with zero attached hydrogens (tertiary/aromatic N) is 4. The Labute approximate surface area is 147 Å². The van der Waals surface area contributed by atoms with Gasteiger partial charge in [0.2, 0.25) is 17.6 Å². The molecule has 134 valence electrons. The minimum atomic E-state index is -0.608. The van der Waals surface area contributed by atoms with E-state index in [1.54, 1.807) is 6.92 Å². The molecular formula is C17H24N6O2. The summed E-state index contributed by atoms with van der Waals surface area (Å²) in [6.07, 6.45) is 1.81. The quantitative estimate of drug-likeness (QED) is 0.742. The molecule has 1 aromatic heterocycles. The molecule has 0 aliphatic rings. The van der Waals surface area contributed by atoms with E-state index in [9.17, 15) is 9.59 Å². The molecule has 2 N–H and O–H groups in total. The predicted octanol–water partition coefficient (Wildman–Crippen LogP) is 0.933. The number of benzene rings is 1. The standard InChI is InChI=1S/C17H24N6O2/c1-4-10-18-17(25)12(3)19-15(24)11-23-21-16(20-22-23)14-8-6-13(5-2)7-9-14/h6-9,12H,4-5,10-11H2,1-3H3,(H,18,25)(H,19,24)/t12-/m1/s1. The van der Waals surface area contributed by atoms with E-state index < -0.39 is 6.04 Å². The Morgan fingerprint density at radius 2 is 1.92 bits per heavy atom. The van der Waals surface area contributed by atoms with E-state index in [0.717, 1.165) is 18.4 Å². The summed E-state index contributed by atoms with van der Waals surface area (Å²) in [5.41, 5.74) is 2.07. The SMILES string of the molecule is CCCNC(=O)[C@@H](C)NC(=O)Cn1nnc(-c2ccc(CC)cc2)n1. The summed E-state index contributed by atoms with van der Waals surface area (Å²) in [7, 11) is 0. The van der Waals surface area contributed by atoms with Gasteiger partial charge >= 0.3 is 0 Å². The minimum absolute atomic E-state index is 0.0918. The lowest BCUT2D eigenvalue weighted by molar-refractivity contribution is -0.129. The molecule has 25 heavy (non-hydrogen) atoms. The molecule has 0 aliphatic heterocycles. The summed E-state index contributed by atoms with van der Waals surface area (Å²) in [4.78, 5) is 25.0. The van der Waals surface area contributed by atoms with Crippen LogP contribution < -0.4 is 10.6 Å². The molecule has 0 spiro atoms. The third kappa shape index (κ3) is 5.37. The molecule has 1 atom stereocenters. The third-order valence-electron chi connectivity index (χ3n) is 3.68. The zero-order chi connectivity index (χ0) is 18.2. The van der Waals surface area contributed by atoms with Crippen molar-refractivity contribution in [1.29, 1.82) is 0 Å². The molecule has 2 rings (SSSR count). The largest absolute Gasteiger partial charge is 0.354 e. The normalized spacial score (nSPS) is 11.8. The molecule has 0 fully saturated rings. The fraction of sp³-hybridized carbons (Fsp3) is 0.471. The summed E-state index contributed by atoms with van der Waals surface area (Å²) in [6.45, 7) is 6.19. The average molecular weight is 344 g/mol. The van der Waals surface area contributed by atoms with Crippen LogP contribution in [0.25, 0.3) is 11.4 Å².